The molecule has 0 aliphatic rings. The van der Waals surface area contributed by atoms with Crippen molar-refractivity contribution in [3.63, 3.8) is 0 Å². The van der Waals surface area contributed by atoms with Gasteiger partial charge in [0.2, 0.25) is 0 Å². The summed E-state index contributed by atoms with van der Waals surface area (Å²) in [5.41, 5.74) is 0. The smallest absolute Gasteiger partial charge is 0.309 e. The first kappa shape index (κ1) is 65.8. The van der Waals surface area contributed by atoms with E-state index in [1.165, 1.54) is 38.5 Å². The molecule has 0 rings (SSSR count). The molecule has 0 aromatic rings. The minimum atomic E-state index is -0.865. The molecule has 0 N–H and O–H groups in total. The zero-order valence-electron chi connectivity index (χ0n) is 44.9. The first-order valence-corrected chi connectivity index (χ1v) is 27.6. The second-order valence-corrected chi connectivity index (χ2v) is 17.4. The number of ether oxygens (including phenoxy) is 3. The summed E-state index contributed by atoms with van der Waals surface area (Å²) in [6.07, 6.45) is 85.2. The fourth-order valence-corrected chi connectivity index (χ4v) is 6.66. The number of allylic oxidation sites excluding steroid dienone is 27. The summed E-state index contributed by atoms with van der Waals surface area (Å²) >= 11 is 0. The van der Waals surface area contributed by atoms with Crippen molar-refractivity contribution in [1.82, 2.24) is 0 Å². The van der Waals surface area contributed by atoms with Crippen molar-refractivity contribution in [2.45, 2.75) is 207 Å². The predicted molar refractivity (Wildman–Crippen MR) is 306 cm³/mol. The third-order valence-electron chi connectivity index (χ3n) is 10.7. The summed E-state index contributed by atoms with van der Waals surface area (Å²) in [5.74, 6) is -1.19. The summed E-state index contributed by atoms with van der Waals surface area (Å²) in [7, 11) is 0. The van der Waals surface area contributed by atoms with E-state index in [9.17, 15) is 14.4 Å². The van der Waals surface area contributed by atoms with Gasteiger partial charge in [-0.25, -0.2) is 0 Å². The van der Waals surface area contributed by atoms with Crippen molar-refractivity contribution < 1.29 is 28.6 Å². The molecule has 0 radical (unpaired) electrons. The van der Waals surface area contributed by atoms with Crippen molar-refractivity contribution in [3.8, 4) is 0 Å². The van der Waals surface area contributed by atoms with Gasteiger partial charge < -0.3 is 14.2 Å². The third kappa shape index (κ3) is 55.6. The zero-order chi connectivity index (χ0) is 51.4. The Kier molecular flexibility index (Phi) is 53.1. The lowest BCUT2D eigenvalue weighted by Gasteiger charge is -2.18. The highest BCUT2D eigenvalue weighted by molar-refractivity contribution is 5.72. The van der Waals surface area contributed by atoms with Gasteiger partial charge in [-0.05, 0) is 122 Å². The molecule has 0 heterocycles. The van der Waals surface area contributed by atoms with Gasteiger partial charge in [0.05, 0.1) is 6.42 Å². The molecule has 0 aliphatic carbocycles. The molecule has 0 spiro atoms. The number of rotatable bonds is 47. The quantitative estimate of drug-likeness (QED) is 0.0262. The molecule has 0 aromatic heterocycles. The maximum absolute atomic E-state index is 12.8. The van der Waals surface area contributed by atoms with Gasteiger partial charge in [0.1, 0.15) is 13.2 Å². The van der Waals surface area contributed by atoms with E-state index in [1.54, 1.807) is 6.08 Å². The van der Waals surface area contributed by atoms with E-state index in [0.29, 0.717) is 12.8 Å². The van der Waals surface area contributed by atoms with Crippen LogP contribution in [-0.4, -0.2) is 37.2 Å². The lowest BCUT2D eigenvalue weighted by Crippen LogP contribution is -2.30. The van der Waals surface area contributed by atoms with E-state index in [2.05, 4.69) is 167 Å². The highest BCUT2D eigenvalue weighted by atomic mass is 16.6. The molecular formula is C65H98O6. The second kappa shape index (κ2) is 57.3. The van der Waals surface area contributed by atoms with Gasteiger partial charge in [0.15, 0.2) is 6.10 Å². The normalized spacial score (nSPS) is 13.5. The first-order valence-electron chi connectivity index (χ1n) is 27.6. The van der Waals surface area contributed by atoms with E-state index in [4.69, 9.17) is 14.2 Å². The van der Waals surface area contributed by atoms with E-state index in [1.807, 2.05) is 18.2 Å². The van der Waals surface area contributed by atoms with Crippen molar-refractivity contribution in [2.24, 2.45) is 0 Å². The van der Waals surface area contributed by atoms with Crippen LogP contribution < -0.4 is 0 Å². The van der Waals surface area contributed by atoms with Crippen LogP contribution in [0.1, 0.15) is 201 Å². The van der Waals surface area contributed by atoms with Crippen LogP contribution in [0, 0.1) is 0 Å². The predicted octanol–water partition coefficient (Wildman–Crippen LogP) is 18.8. The Balaban J connectivity index is 4.67. The van der Waals surface area contributed by atoms with Crippen LogP contribution in [0.3, 0.4) is 0 Å². The Morgan fingerprint density at radius 2 is 0.634 bits per heavy atom. The second-order valence-electron chi connectivity index (χ2n) is 17.4. The molecule has 394 valence electrons. The molecule has 1 atom stereocenters. The largest absolute Gasteiger partial charge is 0.462 e. The van der Waals surface area contributed by atoms with Crippen LogP contribution in [-0.2, 0) is 28.6 Å². The summed E-state index contributed by atoms with van der Waals surface area (Å²) < 4.78 is 16.6. The molecule has 0 aromatic carbocycles. The van der Waals surface area contributed by atoms with Crippen molar-refractivity contribution >= 4 is 17.9 Å². The Morgan fingerprint density at radius 1 is 0.310 bits per heavy atom. The fourth-order valence-electron chi connectivity index (χ4n) is 6.66. The Hall–Kier alpha value is -5.23. The Morgan fingerprint density at radius 3 is 1.04 bits per heavy atom. The van der Waals surface area contributed by atoms with Gasteiger partial charge in [0, 0.05) is 12.8 Å². The van der Waals surface area contributed by atoms with Gasteiger partial charge in [-0.1, -0.05) is 229 Å². The number of unbranched alkanes of at least 4 members (excludes halogenated alkanes) is 9. The summed E-state index contributed by atoms with van der Waals surface area (Å²) in [6, 6.07) is 0. The van der Waals surface area contributed by atoms with E-state index in [0.717, 1.165) is 109 Å². The maximum atomic E-state index is 12.8. The van der Waals surface area contributed by atoms with Gasteiger partial charge in [0.25, 0.3) is 0 Å². The maximum Gasteiger partial charge on any atom is 0.309 e. The van der Waals surface area contributed by atoms with Crippen molar-refractivity contribution in [2.75, 3.05) is 13.2 Å². The van der Waals surface area contributed by atoms with Crippen LogP contribution in [0.25, 0.3) is 0 Å². The first-order chi connectivity index (χ1) is 35.0. The molecule has 0 amide bonds. The SMILES string of the molecule is CC/C=C\C/C=C\C/C=C\C/C=C\C/C=C\C/C=C\CCC(=O)OCC(COC(=O)C/C=C\C/C=C\C/C=C\C/C=C\C/C=C\CC)OC(=O)CCCCCCCC/C=C\C/C=C\C/C=C\CCCCC. The van der Waals surface area contributed by atoms with Crippen LogP contribution in [0.2, 0.25) is 0 Å². The molecule has 6 nitrogen and oxygen atoms in total. The molecule has 0 saturated carbocycles. The van der Waals surface area contributed by atoms with Crippen molar-refractivity contribution in [1.29, 1.82) is 0 Å². The van der Waals surface area contributed by atoms with Gasteiger partial charge in [-0.3, -0.25) is 14.4 Å². The van der Waals surface area contributed by atoms with Crippen LogP contribution in [0.5, 0.6) is 0 Å². The fraction of sp³-hybridized carbons (Fsp3) is 0.523. The molecule has 0 saturated heterocycles. The molecule has 0 bridgehead atoms. The molecule has 6 heteroatoms. The highest BCUT2D eigenvalue weighted by Gasteiger charge is 2.19. The van der Waals surface area contributed by atoms with E-state index in [-0.39, 0.29) is 44.4 Å². The monoisotopic (exact) mass is 975 g/mol. The molecule has 71 heavy (non-hydrogen) atoms. The van der Waals surface area contributed by atoms with Gasteiger partial charge >= 0.3 is 17.9 Å². The number of esters is 3. The average Bonchev–Trinajstić information content (AvgIpc) is 3.37. The number of carbonyl (C=O) groups excluding carboxylic acids is 3. The van der Waals surface area contributed by atoms with E-state index >= 15 is 0 Å². The van der Waals surface area contributed by atoms with Gasteiger partial charge in [-0.2, -0.15) is 0 Å². The zero-order valence-corrected chi connectivity index (χ0v) is 44.9. The summed E-state index contributed by atoms with van der Waals surface area (Å²) in [5, 5.41) is 0. The third-order valence-corrected chi connectivity index (χ3v) is 10.7. The van der Waals surface area contributed by atoms with Crippen LogP contribution in [0.15, 0.2) is 170 Å². The van der Waals surface area contributed by atoms with Gasteiger partial charge in [-0.15, -0.1) is 0 Å². The van der Waals surface area contributed by atoms with Crippen molar-refractivity contribution in [3.05, 3.63) is 170 Å². The Labute approximate surface area is 434 Å². The summed E-state index contributed by atoms with van der Waals surface area (Å²) in [4.78, 5) is 38.0. The highest BCUT2D eigenvalue weighted by Crippen LogP contribution is 2.12. The number of carbonyl (C=O) groups is 3. The topological polar surface area (TPSA) is 78.9 Å². The molecule has 0 fully saturated rings. The lowest BCUT2D eigenvalue weighted by atomic mass is 10.1. The lowest BCUT2D eigenvalue weighted by molar-refractivity contribution is -0.166. The number of hydrogen-bond donors (Lipinski definition) is 0. The average molecular weight is 975 g/mol. The minimum Gasteiger partial charge on any atom is -0.462 e. The van der Waals surface area contributed by atoms with Crippen LogP contribution in [0.4, 0.5) is 0 Å². The van der Waals surface area contributed by atoms with E-state index < -0.39 is 12.1 Å². The molecule has 0 aliphatic heterocycles. The Bertz CT molecular complexity index is 1690. The molecule has 1 unspecified atom stereocenters. The minimum absolute atomic E-state index is 0.102. The number of hydrogen-bond acceptors (Lipinski definition) is 6. The van der Waals surface area contributed by atoms with Crippen LogP contribution >= 0.6 is 0 Å². The molecular weight excluding hydrogens is 877 g/mol. The standard InChI is InChI=1S/C65H98O6/c1-4-7-10-13-16-19-22-25-28-30-32-34-37-40-43-46-49-52-55-58-64(67)70-61-62(60-69-63(66)57-54-51-48-45-42-39-36-27-24-21-18-15-12-9-6-3)71-65(68)59-56-53-50-47-44-41-38-35-33-31-29-26-23-20-17-14-11-8-5-2/h7,9-10,12,16-21,25-29,32-36,40,42-43,45,49,51-52,54,62H,4-6,8,11,13-15,22-24,30-31,37-39,41,44,46-48,50,53,55-61H2,1-3H3/b10-7-,12-9-,19-16-,20-17-,21-18-,28-25-,29-26-,34-32-,35-33-,36-27-,43-40-,45-42-,52-49-,54-51-. The summed E-state index contributed by atoms with van der Waals surface area (Å²) in [6.45, 7) is 6.19.